The Kier molecular flexibility index (Phi) is 9.59. The highest BCUT2D eigenvalue weighted by atomic mass is 16.5. The lowest BCUT2D eigenvalue weighted by molar-refractivity contribution is -0.143. The van der Waals surface area contributed by atoms with Crippen molar-refractivity contribution in [2.75, 3.05) is 26.1 Å². The minimum Gasteiger partial charge on any atom is -0.493 e. The molecular formula is C32H34N4O6. The Labute approximate surface area is 244 Å². The van der Waals surface area contributed by atoms with E-state index in [0.29, 0.717) is 28.7 Å². The average Bonchev–Trinajstić information content (AvgIpc) is 3.42. The fourth-order valence-electron chi connectivity index (χ4n) is 4.63. The topological polar surface area (TPSA) is 123 Å². The molecule has 0 aliphatic heterocycles. The number of nitrogens with zero attached hydrogens (tertiary/aromatic N) is 3. The number of nitrogens with one attached hydrogen (secondary N) is 1. The number of imidazole rings is 1. The van der Waals surface area contributed by atoms with Crippen molar-refractivity contribution in [2.24, 2.45) is 0 Å². The number of hydrogen-bond acceptors (Lipinski definition) is 6. The number of benzene rings is 3. The fraction of sp³-hybridized carbons (Fsp3) is 0.250. The van der Waals surface area contributed by atoms with Crippen LogP contribution in [0, 0.1) is 0 Å². The van der Waals surface area contributed by atoms with Crippen LogP contribution in [0.1, 0.15) is 31.7 Å². The summed E-state index contributed by atoms with van der Waals surface area (Å²) in [6.45, 7) is 3.24. The first-order valence-electron chi connectivity index (χ1n) is 13.5. The van der Waals surface area contributed by atoms with Gasteiger partial charge in [0.1, 0.15) is 6.54 Å². The molecule has 1 aromatic heterocycles. The quantitative estimate of drug-likeness (QED) is 0.246. The van der Waals surface area contributed by atoms with Gasteiger partial charge in [-0.3, -0.25) is 24.3 Å². The first-order valence-corrected chi connectivity index (χ1v) is 13.5. The summed E-state index contributed by atoms with van der Waals surface area (Å²) in [7, 11) is 2.95. The Morgan fingerprint density at radius 1 is 0.929 bits per heavy atom. The minimum atomic E-state index is -1.14. The van der Waals surface area contributed by atoms with Crippen LogP contribution in [0.2, 0.25) is 0 Å². The van der Waals surface area contributed by atoms with Gasteiger partial charge in [0.25, 0.3) is 0 Å². The van der Waals surface area contributed by atoms with Gasteiger partial charge in [0.2, 0.25) is 17.8 Å². The number of carboxylic acids is 1. The van der Waals surface area contributed by atoms with Gasteiger partial charge in [-0.1, -0.05) is 54.6 Å². The molecule has 1 heterocycles. The molecule has 3 aromatic carbocycles. The minimum absolute atomic E-state index is 0.295. The normalized spacial score (nSPS) is 11.5. The molecule has 0 bridgehead atoms. The molecule has 218 valence electrons. The maximum absolute atomic E-state index is 13.8. The number of carbonyl (C=O) groups excluding carboxylic acids is 2. The van der Waals surface area contributed by atoms with E-state index in [4.69, 9.17) is 9.47 Å². The summed E-state index contributed by atoms with van der Waals surface area (Å²) in [5.41, 5.74) is 2.79. The van der Waals surface area contributed by atoms with Gasteiger partial charge >= 0.3 is 5.97 Å². The van der Waals surface area contributed by atoms with Gasteiger partial charge in [0.05, 0.1) is 32.3 Å². The highest BCUT2D eigenvalue weighted by Crippen LogP contribution is 2.33. The SMILES string of the molecule is COc1ccc(C(CC(=O)O)C(=O)N(CC(=O)Nc2nc(-c3ccccc3)cn2-c2ccccc2)C(C)C)cc1OC. The van der Waals surface area contributed by atoms with Crippen LogP contribution in [-0.4, -0.2) is 64.1 Å². The van der Waals surface area contributed by atoms with Crippen LogP contribution in [-0.2, 0) is 14.4 Å². The van der Waals surface area contributed by atoms with Gasteiger partial charge < -0.3 is 19.5 Å². The van der Waals surface area contributed by atoms with Gasteiger partial charge in [0.15, 0.2) is 11.5 Å². The number of rotatable bonds is 12. The largest absolute Gasteiger partial charge is 0.493 e. The molecule has 42 heavy (non-hydrogen) atoms. The summed E-state index contributed by atoms with van der Waals surface area (Å²) in [4.78, 5) is 45.1. The highest BCUT2D eigenvalue weighted by molar-refractivity contribution is 5.96. The molecule has 1 atom stereocenters. The summed E-state index contributed by atoms with van der Waals surface area (Å²) in [6, 6.07) is 23.5. The lowest BCUT2D eigenvalue weighted by atomic mass is 9.93. The maximum Gasteiger partial charge on any atom is 0.304 e. The van der Waals surface area contributed by atoms with Crippen molar-refractivity contribution in [3.05, 3.63) is 90.6 Å². The van der Waals surface area contributed by atoms with Gasteiger partial charge in [-0.2, -0.15) is 0 Å². The van der Waals surface area contributed by atoms with Gasteiger partial charge in [0, 0.05) is 23.5 Å². The molecule has 1 unspecified atom stereocenters. The van der Waals surface area contributed by atoms with Crippen molar-refractivity contribution < 1.29 is 29.0 Å². The van der Waals surface area contributed by atoms with Gasteiger partial charge in [-0.05, 0) is 43.7 Å². The molecular weight excluding hydrogens is 536 g/mol. The zero-order chi connectivity index (χ0) is 30.2. The van der Waals surface area contributed by atoms with Crippen molar-refractivity contribution in [3.8, 4) is 28.4 Å². The number of para-hydroxylation sites is 1. The fourth-order valence-corrected chi connectivity index (χ4v) is 4.63. The van der Waals surface area contributed by atoms with E-state index in [1.54, 1.807) is 36.6 Å². The van der Waals surface area contributed by atoms with Crippen LogP contribution >= 0.6 is 0 Å². The number of anilines is 1. The van der Waals surface area contributed by atoms with E-state index in [9.17, 15) is 19.5 Å². The first-order chi connectivity index (χ1) is 20.2. The molecule has 10 heteroatoms. The lowest BCUT2D eigenvalue weighted by Gasteiger charge is -2.30. The Balaban J connectivity index is 1.62. The number of methoxy groups -OCH3 is 2. The van der Waals surface area contributed by atoms with E-state index >= 15 is 0 Å². The molecule has 2 amide bonds. The zero-order valence-corrected chi connectivity index (χ0v) is 24.0. The van der Waals surface area contributed by atoms with E-state index in [0.717, 1.165) is 11.3 Å². The summed E-state index contributed by atoms with van der Waals surface area (Å²) in [5.74, 6) is -2.04. The van der Waals surface area contributed by atoms with Crippen molar-refractivity contribution in [1.29, 1.82) is 0 Å². The van der Waals surface area contributed by atoms with Crippen LogP contribution in [0.4, 0.5) is 5.95 Å². The van der Waals surface area contributed by atoms with E-state index in [-0.39, 0.29) is 6.54 Å². The molecule has 4 rings (SSSR count). The smallest absolute Gasteiger partial charge is 0.304 e. The van der Waals surface area contributed by atoms with Gasteiger partial charge in [-0.25, -0.2) is 4.98 Å². The molecule has 0 spiro atoms. The van der Waals surface area contributed by atoms with Crippen LogP contribution < -0.4 is 14.8 Å². The number of hydrogen-bond donors (Lipinski definition) is 2. The maximum atomic E-state index is 13.8. The van der Waals surface area contributed by atoms with Crippen molar-refractivity contribution >= 4 is 23.7 Å². The second-order valence-electron chi connectivity index (χ2n) is 9.89. The lowest BCUT2D eigenvalue weighted by Crippen LogP contribution is -2.45. The van der Waals surface area contributed by atoms with E-state index in [1.807, 2.05) is 66.9 Å². The molecule has 10 nitrogen and oxygen atoms in total. The third kappa shape index (κ3) is 6.95. The van der Waals surface area contributed by atoms with Crippen LogP contribution in [0.15, 0.2) is 85.1 Å². The van der Waals surface area contributed by atoms with Crippen LogP contribution in [0.5, 0.6) is 11.5 Å². The molecule has 0 radical (unpaired) electrons. The number of aliphatic carboxylic acids is 1. The summed E-state index contributed by atoms with van der Waals surface area (Å²) in [5, 5.41) is 12.5. The summed E-state index contributed by atoms with van der Waals surface area (Å²) >= 11 is 0. The molecule has 0 saturated carbocycles. The van der Waals surface area contributed by atoms with Crippen molar-refractivity contribution in [2.45, 2.75) is 32.2 Å². The summed E-state index contributed by atoms with van der Waals surface area (Å²) in [6.07, 6.45) is 1.38. The predicted octanol–water partition coefficient (Wildman–Crippen LogP) is 4.99. The second kappa shape index (κ2) is 13.5. The van der Waals surface area contributed by atoms with Crippen LogP contribution in [0.3, 0.4) is 0 Å². The zero-order valence-electron chi connectivity index (χ0n) is 24.0. The average molecular weight is 571 g/mol. The molecule has 0 saturated heterocycles. The van der Waals surface area contributed by atoms with Crippen LogP contribution in [0.25, 0.3) is 16.9 Å². The Bertz CT molecular complexity index is 1540. The monoisotopic (exact) mass is 570 g/mol. The molecule has 2 N–H and O–H groups in total. The standard InChI is InChI=1S/C32H34N4O6/c1-21(2)35(31(40)25(18-30(38)39)23-15-16-27(41-3)28(17-23)42-4)20-29(37)34-32-33-26(22-11-7-5-8-12-22)19-36(32)24-13-9-6-10-14-24/h5-17,19,21,25H,18,20H2,1-4H3,(H,38,39)(H,33,34,37). The number of amides is 2. The Hall–Kier alpha value is -5.12. The molecule has 0 aliphatic carbocycles. The third-order valence-electron chi connectivity index (χ3n) is 6.77. The van der Waals surface area contributed by atoms with Crippen molar-refractivity contribution in [3.63, 3.8) is 0 Å². The Morgan fingerprint density at radius 3 is 2.17 bits per heavy atom. The predicted molar refractivity (Wildman–Crippen MR) is 159 cm³/mol. The molecule has 0 fully saturated rings. The van der Waals surface area contributed by atoms with E-state index in [2.05, 4.69) is 10.3 Å². The van der Waals surface area contributed by atoms with Crippen molar-refractivity contribution in [1.82, 2.24) is 14.5 Å². The van der Waals surface area contributed by atoms with E-state index in [1.165, 1.54) is 19.1 Å². The first kappa shape index (κ1) is 29.9. The molecule has 0 aliphatic rings. The second-order valence-corrected chi connectivity index (χ2v) is 9.89. The number of aromatic nitrogens is 2. The number of carbonyl (C=O) groups is 3. The number of carboxylic acid groups (broad SMARTS) is 1. The highest BCUT2D eigenvalue weighted by Gasteiger charge is 2.32. The van der Waals surface area contributed by atoms with Gasteiger partial charge in [-0.15, -0.1) is 0 Å². The van der Waals surface area contributed by atoms with E-state index < -0.39 is 36.2 Å². The Morgan fingerprint density at radius 2 is 1.57 bits per heavy atom. The summed E-state index contributed by atoms with van der Waals surface area (Å²) < 4.78 is 12.4. The molecule has 4 aromatic rings. The number of ether oxygens (including phenoxy) is 2. The third-order valence-corrected chi connectivity index (χ3v) is 6.77.